The van der Waals surface area contributed by atoms with Crippen LogP contribution in [0.3, 0.4) is 0 Å². The van der Waals surface area contributed by atoms with Gasteiger partial charge in [-0.3, -0.25) is 18.9 Å². The van der Waals surface area contributed by atoms with Gasteiger partial charge in [0, 0.05) is 45.1 Å². The molecule has 22 heteroatoms. The van der Waals surface area contributed by atoms with Gasteiger partial charge in [0.15, 0.2) is 17.4 Å². The maximum absolute atomic E-state index is 12.8. The Morgan fingerprint density at radius 3 is 2.85 bits per heavy atom. The molecule has 0 amide bonds. The van der Waals surface area contributed by atoms with E-state index < -0.39 is 57.1 Å². The van der Waals surface area contributed by atoms with Gasteiger partial charge < -0.3 is 42.5 Å². The summed E-state index contributed by atoms with van der Waals surface area (Å²) in [6.07, 6.45) is 2.90. The van der Waals surface area contributed by atoms with Crippen molar-refractivity contribution in [3.8, 4) is 11.9 Å². The molecule has 48 heavy (non-hydrogen) atoms. The average Bonchev–Trinajstić information content (AvgIpc) is 3.76. The summed E-state index contributed by atoms with van der Waals surface area (Å²) in [5, 5.41) is 19.1. The molecule has 0 spiro atoms. The van der Waals surface area contributed by atoms with Gasteiger partial charge in [-0.2, -0.15) is 10.2 Å². The largest absolute Gasteiger partial charge is 0.474 e. The van der Waals surface area contributed by atoms with Crippen LogP contribution >= 0.6 is 15.0 Å². The van der Waals surface area contributed by atoms with E-state index in [2.05, 4.69) is 29.9 Å². The summed E-state index contributed by atoms with van der Waals surface area (Å²) in [5.41, 5.74) is -0.335. The number of nitriles is 1. The minimum Gasteiger partial charge on any atom is -0.474 e. The number of rotatable bonds is 16. The van der Waals surface area contributed by atoms with Gasteiger partial charge in [-0.25, -0.2) is 19.9 Å². The first-order valence-electron chi connectivity index (χ1n) is 14.8. The monoisotopic (exact) mass is 727 g/mol. The van der Waals surface area contributed by atoms with Crippen LogP contribution in [0.25, 0.3) is 11.2 Å². The standard InChI is InChI=1S/C26H35N9O10P2S/c1-34(2)14-31-26-32-23-22(24(37)33-26)30-15-35(23)25-20(10-18(11-36)43-25)45-47(48,40-7-3-5-27)41-12-16-8-17(9-19(16)44-46(38)39)42-21-4-6-28-13-29-21/h4,6,13-20,25,36,46H,3,7-12H2,1-2H3,(H,38,39)(H,32,33,37)/t16-,17-,18+,19+,20-,25-,47-/m1/s1. The van der Waals surface area contributed by atoms with Crippen molar-refractivity contribution in [2.24, 2.45) is 10.9 Å². The molecule has 260 valence electrons. The van der Waals surface area contributed by atoms with Crippen molar-refractivity contribution in [1.29, 1.82) is 5.26 Å². The average molecular weight is 728 g/mol. The van der Waals surface area contributed by atoms with Crippen molar-refractivity contribution in [3.63, 3.8) is 0 Å². The van der Waals surface area contributed by atoms with Crippen molar-refractivity contribution < 1.29 is 42.1 Å². The Bertz CT molecular complexity index is 1740. The van der Waals surface area contributed by atoms with Crippen molar-refractivity contribution in [3.05, 3.63) is 35.3 Å². The number of nitrogens with zero attached hydrogens (tertiary/aromatic N) is 8. The number of nitrogens with one attached hydrogen (secondary N) is 1. The molecule has 5 rings (SSSR count). The molecule has 2 aliphatic rings. The third-order valence-corrected chi connectivity index (χ3v) is 10.2. The highest BCUT2D eigenvalue weighted by atomic mass is 32.5. The number of fused-ring (bicyclic) bond motifs is 1. The summed E-state index contributed by atoms with van der Waals surface area (Å²) in [7, 11) is 0.227. The van der Waals surface area contributed by atoms with Crippen LogP contribution in [-0.2, 0) is 39.2 Å². The highest BCUT2D eigenvalue weighted by Gasteiger charge is 2.44. The van der Waals surface area contributed by atoms with E-state index in [1.54, 1.807) is 25.1 Å². The van der Waals surface area contributed by atoms with Crippen molar-refractivity contribution in [1.82, 2.24) is 34.4 Å². The first-order chi connectivity index (χ1) is 23.1. The number of aromatic amines is 1. The Balaban J connectivity index is 1.37. The zero-order valence-corrected chi connectivity index (χ0v) is 28.6. The third kappa shape index (κ3) is 9.27. The molecule has 1 saturated carbocycles. The number of aliphatic hydroxyl groups excluding tert-OH is 1. The molecular weight excluding hydrogens is 692 g/mol. The maximum Gasteiger partial charge on any atom is 0.327 e. The number of imidazole rings is 1. The van der Waals surface area contributed by atoms with Crippen LogP contribution in [0, 0.1) is 17.2 Å². The zero-order chi connectivity index (χ0) is 34.3. The lowest BCUT2D eigenvalue weighted by Gasteiger charge is -2.29. The summed E-state index contributed by atoms with van der Waals surface area (Å²) in [4.78, 5) is 47.3. The summed E-state index contributed by atoms with van der Waals surface area (Å²) < 4.78 is 48.9. The van der Waals surface area contributed by atoms with E-state index in [9.17, 15) is 19.4 Å². The Morgan fingerprint density at radius 2 is 2.15 bits per heavy atom. The lowest BCUT2D eigenvalue weighted by molar-refractivity contribution is -0.0480. The quantitative estimate of drug-likeness (QED) is 0.0821. The lowest BCUT2D eigenvalue weighted by Crippen LogP contribution is -2.25. The molecule has 19 nitrogen and oxygen atoms in total. The topological polar surface area (TPSA) is 242 Å². The fourth-order valence-corrected chi connectivity index (χ4v) is 7.95. The van der Waals surface area contributed by atoms with Crippen LogP contribution in [0.15, 0.2) is 34.7 Å². The van der Waals surface area contributed by atoms with Crippen molar-refractivity contribution in [2.45, 2.75) is 56.3 Å². The van der Waals surface area contributed by atoms with Crippen LogP contribution in [0.4, 0.5) is 5.95 Å². The Morgan fingerprint density at radius 1 is 1.31 bits per heavy atom. The van der Waals surface area contributed by atoms with Crippen LogP contribution in [-0.4, -0.2) is 109 Å². The SMILES string of the molecule is CN(C)C=Nc1nc2c(ncn2[C@@H]2O[C@H](CO)C[C@H]2O[P@@](=S)(OCCC#N)OC[C@H]2C[C@@H](Oc3ccncn3)C[C@@H]2O[PH](=O)O)c(=O)[nH]1. The number of aromatic nitrogens is 6. The Hall–Kier alpha value is -3.21. The van der Waals surface area contributed by atoms with Gasteiger partial charge in [0.25, 0.3) is 5.56 Å². The van der Waals surface area contributed by atoms with Gasteiger partial charge in [-0.05, 0) is 18.2 Å². The van der Waals surface area contributed by atoms with E-state index in [4.69, 9.17) is 44.6 Å². The Kier molecular flexibility index (Phi) is 12.4. The highest BCUT2D eigenvalue weighted by Crippen LogP contribution is 2.55. The van der Waals surface area contributed by atoms with Gasteiger partial charge in [0.2, 0.25) is 11.8 Å². The molecule has 0 radical (unpaired) electrons. The molecule has 1 aliphatic heterocycles. The van der Waals surface area contributed by atoms with E-state index in [0.717, 1.165) is 0 Å². The van der Waals surface area contributed by atoms with Crippen LogP contribution in [0.5, 0.6) is 5.88 Å². The summed E-state index contributed by atoms with van der Waals surface area (Å²) in [5.74, 6) is -0.0730. The number of aliphatic imine (C=N–C) groups is 1. The summed E-state index contributed by atoms with van der Waals surface area (Å²) in [6.45, 7) is -4.18. The van der Waals surface area contributed by atoms with Crippen molar-refractivity contribution >= 4 is 50.2 Å². The predicted molar refractivity (Wildman–Crippen MR) is 172 cm³/mol. The summed E-state index contributed by atoms with van der Waals surface area (Å²) >= 11 is 5.80. The molecule has 1 aliphatic carbocycles. The maximum atomic E-state index is 12.8. The molecule has 0 bridgehead atoms. The number of H-pyrrole nitrogens is 1. The number of aliphatic hydroxyl groups is 1. The smallest absolute Gasteiger partial charge is 0.327 e. The normalized spacial score (nSPS) is 26.1. The van der Waals surface area contributed by atoms with E-state index in [1.165, 1.54) is 29.8 Å². The molecule has 2 fully saturated rings. The van der Waals surface area contributed by atoms with E-state index in [0.29, 0.717) is 12.3 Å². The van der Waals surface area contributed by atoms with Gasteiger partial charge >= 0.3 is 15.0 Å². The van der Waals surface area contributed by atoms with E-state index in [1.807, 2.05) is 6.07 Å². The third-order valence-electron chi connectivity index (χ3n) is 7.31. The second-order valence-corrected chi connectivity index (χ2v) is 14.8. The number of hydrogen-bond acceptors (Lipinski definition) is 16. The molecule has 8 atom stereocenters. The van der Waals surface area contributed by atoms with Crippen LogP contribution in [0.1, 0.15) is 31.9 Å². The van der Waals surface area contributed by atoms with Gasteiger partial charge in [-0.15, -0.1) is 0 Å². The fourth-order valence-electron chi connectivity index (χ4n) is 5.26. The molecule has 1 unspecified atom stereocenters. The first kappa shape index (κ1) is 36.1. The van der Waals surface area contributed by atoms with Crippen molar-refractivity contribution in [2.75, 3.05) is 33.9 Å². The molecule has 1 saturated heterocycles. The lowest BCUT2D eigenvalue weighted by atomic mass is 10.1. The second kappa shape index (κ2) is 16.5. The summed E-state index contributed by atoms with van der Waals surface area (Å²) in [6, 6.07) is 3.58. The number of hydrogen-bond donors (Lipinski definition) is 3. The second-order valence-electron chi connectivity index (χ2n) is 11.1. The van der Waals surface area contributed by atoms with E-state index in [-0.39, 0.29) is 56.2 Å². The van der Waals surface area contributed by atoms with Crippen LogP contribution in [0.2, 0.25) is 0 Å². The minimum atomic E-state index is -3.65. The molecule has 4 heterocycles. The minimum absolute atomic E-state index is 0.000556. The fraction of sp³-hybridized carbons (Fsp3) is 0.577. The zero-order valence-electron chi connectivity index (χ0n) is 25.9. The predicted octanol–water partition coefficient (Wildman–Crippen LogP) is 1.59. The molecular formula is C26H35N9O10P2S. The molecule has 0 aromatic carbocycles. The molecule has 3 aromatic rings. The molecule has 3 N–H and O–H groups in total. The van der Waals surface area contributed by atoms with Gasteiger partial charge in [-0.1, -0.05) is 0 Å². The first-order valence-corrected chi connectivity index (χ1v) is 18.6. The van der Waals surface area contributed by atoms with E-state index >= 15 is 0 Å². The van der Waals surface area contributed by atoms with Gasteiger partial charge in [0.1, 0.15) is 18.5 Å². The van der Waals surface area contributed by atoms with Gasteiger partial charge in [0.05, 0.1) is 57.2 Å². The van der Waals surface area contributed by atoms with Crippen LogP contribution < -0.4 is 10.3 Å². The Labute approximate surface area is 280 Å². The molecule has 3 aromatic heterocycles. The number of ether oxygens (including phenoxy) is 2. The highest BCUT2D eigenvalue weighted by molar-refractivity contribution is 8.07.